The van der Waals surface area contributed by atoms with Crippen molar-refractivity contribution >= 4 is 16.0 Å². The fourth-order valence-electron chi connectivity index (χ4n) is 2.55. The van der Waals surface area contributed by atoms with Crippen molar-refractivity contribution in [2.24, 2.45) is 5.41 Å². The predicted octanol–water partition coefficient (Wildman–Crippen LogP) is 1.31. The zero-order valence-electron chi connectivity index (χ0n) is 11.3. The summed E-state index contributed by atoms with van der Waals surface area (Å²) in [6, 6.07) is -0.0219. The average Bonchev–Trinajstić information content (AvgIpc) is 2.27. The first-order valence-electron chi connectivity index (χ1n) is 6.38. The van der Waals surface area contributed by atoms with Crippen LogP contribution in [0.25, 0.3) is 0 Å². The van der Waals surface area contributed by atoms with E-state index in [1.165, 1.54) is 12.4 Å². The van der Waals surface area contributed by atoms with E-state index in [4.69, 9.17) is 5.73 Å². The Kier molecular flexibility index (Phi) is 3.78. The Hall–Kier alpha value is -1.21. The molecule has 0 spiro atoms. The Morgan fingerprint density at radius 2 is 2.00 bits per heavy atom. The summed E-state index contributed by atoms with van der Waals surface area (Å²) in [5, 5.41) is 0. The van der Waals surface area contributed by atoms with Gasteiger partial charge in [-0.05, 0) is 24.7 Å². The first-order chi connectivity index (χ1) is 8.78. The van der Waals surface area contributed by atoms with E-state index in [0.717, 1.165) is 25.7 Å². The molecule has 0 amide bonds. The van der Waals surface area contributed by atoms with Gasteiger partial charge >= 0.3 is 0 Å². The highest BCUT2D eigenvalue weighted by Gasteiger charge is 2.30. The van der Waals surface area contributed by atoms with Crippen molar-refractivity contribution in [2.45, 2.75) is 50.5 Å². The topological polar surface area (TPSA) is 98.0 Å². The largest absolute Gasteiger partial charge is 0.368 e. The maximum absolute atomic E-state index is 12.2. The van der Waals surface area contributed by atoms with Crippen molar-refractivity contribution in [3.05, 3.63) is 12.4 Å². The Bertz CT molecular complexity index is 539. The first-order valence-corrected chi connectivity index (χ1v) is 7.87. The van der Waals surface area contributed by atoms with Gasteiger partial charge in [0.15, 0.2) is 0 Å². The van der Waals surface area contributed by atoms with E-state index in [9.17, 15) is 8.42 Å². The SMILES string of the molecule is CC1(C)CCCC(NS(=O)(=O)c2cnc(N)nc2)C1. The monoisotopic (exact) mass is 284 g/mol. The molecule has 1 aliphatic rings. The molecule has 1 saturated carbocycles. The lowest BCUT2D eigenvalue weighted by Gasteiger charge is -2.35. The van der Waals surface area contributed by atoms with Gasteiger partial charge in [-0.25, -0.2) is 23.1 Å². The van der Waals surface area contributed by atoms with Crippen LogP contribution in [0.2, 0.25) is 0 Å². The summed E-state index contributed by atoms with van der Waals surface area (Å²) in [6.07, 6.45) is 6.37. The van der Waals surface area contributed by atoms with Gasteiger partial charge in [0.05, 0.1) is 12.4 Å². The van der Waals surface area contributed by atoms with Gasteiger partial charge in [-0.1, -0.05) is 20.3 Å². The van der Waals surface area contributed by atoms with E-state index in [2.05, 4.69) is 28.5 Å². The fraction of sp³-hybridized carbons (Fsp3) is 0.667. The van der Waals surface area contributed by atoms with Crippen LogP contribution in [0.5, 0.6) is 0 Å². The van der Waals surface area contributed by atoms with Gasteiger partial charge in [-0.3, -0.25) is 0 Å². The van der Waals surface area contributed by atoms with Crippen LogP contribution in [0.15, 0.2) is 17.3 Å². The highest BCUT2D eigenvalue weighted by molar-refractivity contribution is 7.89. The minimum Gasteiger partial charge on any atom is -0.368 e. The molecule has 106 valence electrons. The minimum absolute atomic E-state index is 0.0219. The Balaban J connectivity index is 2.11. The molecule has 2 rings (SSSR count). The van der Waals surface area contributed by atoms with Crippen LogP contribution in [-0.2, 0) is 10.0 Å². The summed E-state index contributed by atoms with van der Waals surface area (Å²) in [7, 11) is -3.56. The zero-order valence-corrected chi connectivity index (χ0v) is 12.1. The number of anilines is 1. The molecule has 1 aromatic rings. The lowest BCUT2D eigenvalue weighted by atomic mass is 9.75. The molecule has 7 heteroatoms. The van der Waals surface area contributed by atoms with E-state index >= 15 is 0 Å². The molecular formula is C12H20N4O2S. The van der Waals surface area contributed by atoms with Crippen molar-refractivity contribution in [1.29, 1.82) is 0 Å². The van der Waals surface area contributed by atoms with E-state index in [1.54, 1.807) is 0 Å². The molecule has 0 aromatic carbocycles. The number of hydrogen-bond donors (Lipinski definition) is 2. The molecule has 19 heavy (non-hydrogen) atoms. The summed E-state index contributed by atoms with van der Waals surface area (Å²) in [5.41, 5.74) is 5.54. The number of rotatable bonds is 3. The second-order valence-corrected chi connectivity index (χ2v) is 7.57. The summed E-state index contributed by atoms with van der Waals surface area (Å²) >= 11 is 0. The minimum atomic E-state index is -3.56. The molecule has 1 atom stereocenters. The molecule has 1 aromatic heterocycles. The Morgan fingerprint density at radius 3 is 2.58 bits per heavy atom. The molecule has 6 nitrogen and oxygen atoms in total. The van der Waals surface area contributed by atoms with Crippen molar-refractivity contribution in [1.82, 2.24) is 14.7 Å². The third-order valence-electron chi connectivity index (χ3n) is 3.49. The first kappa shape index (κ1) is 14.2. The molecule has 0 bridgehead atoms. The van der Waals surface area contributed by atoms with Gasteiger partial charge in [0, 0.05) is 6.04 Å². The second kappa shape index (κ2) is 5.05. The highest BCUT2D eigenvalue weighted by atomic mass is 32.2. The van der Waals surface area contributed by atoms with Gasteiger partial charge in [0.25, 0.3) is 0 Å². The van der Waals surface area contributed by atoms with Crippen LogP contribution in [-0.4, -0.2) is 24.4 Å². The third kappa shape index (κ3) is 3.63. The molecule has 0 radical (unpaired) electrons. The lowest BCUT2D eigenvalue weighted by Crippen LogP contribution is -2.40. The van der Waals surface area contributed by atoms with Crippen LogP contribution >= 0.6 is 0 Å². The van der Waals surface area contributed by atoms with Gasteiger partial charge in [-0.2, -0.15) is 0 Å². The van der Waals surface area contributed by atoms with Crippen LogP contribution in [0.4, 0.5) is 5.95 Å². The van der Waals surface area contributed by atoms with Crippen molar-refractivity contribution in [2.75, 3.05) is 5.73 Å². The number of sulfonamides is 1. The van der Waals surface area contributed by atoms with Crippen molar-refractivity contribution in [3.63, 3.8) is 0 Å². The maximum atomic E-state index is 12.2. The molecule has 0 aliphatic heterocycles. The van der Waals surface area contributed by atoms with Gasteiger partial charge < -0.3 is 5.73 Å². The highest BCUT2D eigenvalue weighted by Crippen LogP contribution is 2.35. The second-order valence-electron chi connectivity index (χ2n) is 5.86. The smallest absolute Gasteiger partial charge is 0.243 e. The molecule has 1 unspecified atom stereocenters. The molecule has 3 N–H and O–H groups in total. The average molecular weight is 284 g/mol. The summed E-state index contributed by atoms with van der Waals surface area (Å²) < 4.78 is 27.1. The van der Waals surface area contributed by atoms with E-state index < -0.39 is 10.0 Å². The van der Waals surface area contributed by atoms with Crippen molar-refractivity contribution < 1.29 is 8.42 Å². The number of aromatic nitrogens is 2. The fourth-order valence-corrected chi connectivity index (χ4v) is 3.71. The predicted molar refractivity (Wildman–Crippen MR) is 72.8 cm³/mol. The summed E-state index contributed by atoms with van der Waals surface area (Å²) in [4.78, 5) is 7.49. The third-order valence-corrected chi connectivity index (χ3v) is 4.96. The van der Waals surface area contributed by atoms with Crippen LogP contribution in [0, 0.1) is 5.41 Å². The van der Waals surface area contributed by atoms with E-state index in [1.807, 2.05) is 0 Å². The molecule has 0 saturated heterocycles. The molecular weight excluding hydrogens is 264 g/mol. The summed E-state index contributed by atoms with van der Waals surface area (Å²) in [6.45, 7) is 4.33. The van der Waals surface area contributed by atoms with E-state index in [0.29, 0.717) is 0 Å². The van der Waals surface area contributed by atoms with Crippen LogP contribution in [0.3, 0.4) is 0 Å². The van der Waals surface area contributed by atoms with Gasteiger partial charge in [0.1, 0.15) is 4.90 Å². The lowest BCUT2D eigenvalue weighted by molar-refractivity contribution is 0.212. The van der Waals surface area contributed by atoms with Crippen LogP contribution < -0.4 is 10.5 Å². The number of nitrogens with one attached hydrogen (secondary N) is 1. The van der Waals surface area contributed by atoms with Gasteiger partial charge in [-0.15, -0.1) is 0 Å². The molecule has 1 aliphatic carbocycles. The molecule has 1 fully saturated rings. The number of nitrogen functional groups attached to an aromatic ring is 1. The Morgan fingerprint density at radius 1 is 1.37 bits per heavy atom. The molecule has 1 heterocycles. The van der Waals surface area contributed by atoms with E-state index in [-0.39, 0.29) is 22.3 Å². The normalized spacial score (nSPS) is 23.2. The number of hydrogen-bond acceptors (Lipinski definition) is 5. The zero-order chi connectivity index (χ0) is 14.1. The quantitative estimate of drug-likeness (QED) is 0.872. The maximum Gasteiger partial charge on any atom is 0.243 e. The number of nitrogens with zero attached hydrogens (tertiary/aromatic N) is 2. The van der Waals surface area contributed by atoms with Crippen molar-refractivity contribution in [3.8, 4) is 0 Å². The van der Waals surface area contributed by atoms with Gasteiger partial charge in [0.2, 0.25) is 16.0 Å². The van der Waals surface area contributed by atoms with Crippen LogP contribution in [0.1, 0.15) is 39.5 Å². The summed E-state index contributed by atoms with van der Waals surface area (Å²) in [5.74, 6) is 0.0674. The standard InChI is InChI=1S/C12H20N4O2S/c1-12(2)5-3-4-9(6-12)16-19(17,18)10-7-14-11(13)15-8-10/h7-9,16H,3-6H2,1-2H3,(H2,13,14,15). The number of nitrogens with two attached hydrogens (primary N) is 1. The Labute approximate surface area is 113 Å².